The highest BCUT2D eigenvalue weighted by atomic mass is 16.7. The van der Waals surface area contributed by atoms with Crippen molar-refractivity contribution in [1.29, 1.82) is 0 Å². The van der Waals surface area contributed by atoms with Gasteiger partial charge in [0.2, 0.25) is 5.91 Å². The van der Waals surface area contributed by atoms with Crippen molar-refractivity contribution in [1.82, 2.24) is 5.32 Å². The Morgan fingerprint density at radius 1 is 1.40 bits per heavy atom. The first kappa shape index (κ1) is 13.5. The topological polar surface area (TPSA) is 59.6 Å². The van der Waals surface area contributed by atoms with Crippen LogP contribution in [0, 0.1) is 5.41 Å². The predicted molar refractivity (Wildman–Crippen MR) is 75.3 cm³/mol. The standard InChI is InChI=1S/C15H20N2O3/c1-15(5-6-16-10-15)14(18)17-12-4-2-3-11(9-12)13-19-7-8-20-13/h2-4,9,13,16H,5-8,10H2,1H3,(H,17,18). The van der Waals surface area contributed by atoms with Gasteiger partial charge in [0.05, 0.1) is 18.6 Å². The van der Waals surface area contributed by atoms with Crippen molar-refractivity contribution in [3.8, 4) is 0 Å². The lowest BCUT2D eigenvalue weighted by Gasteiger charge is -2.21. The molecule has 3 rings (SSSR count). The van der Waals surface area contributed by atoms with E-state index in [1.165, 1.54) is 0 Å². The minimum absolute atomic E-state index is 0.0629. The van der Waals surface area contributed by atoms with Gasteiger partial charge in [-0.2, -0.15) is 0 Å². The van der Waals surface area contributed by atoms with E-state index in [4.69, 9.17) is 9.47 Å². The number of hydrogen-bond acceptors (Lipinski definition) is 4. The third-order valence-electron chi connectivity index (χ3n) is 3.96. The van der Waals surface area contributed by atoms with Gasteiger partial charge in [-0.25, -0.2) is 0 Å². The van der Waals surface area contributed by atoms with Crippen LogP contribution in [0.15, 0.2) is 24.3 Å². The molecule has 20 heavy (non-hydrogen) atoms. The Labute approximate surface area is 118 Å². The third kappa shape index (κ3) is 2.70. The summed E-state index contributed by atoms with van der Waals surface area (Å²) in [7, 11) is 0. The minimum Gasteiger partial charge on any atom is -0.346 e. The van der Waals surface area contributed by atoms with E-state index >= 15 is 0 Å². The van der Waals surface area contributed by atoms with E-state index in [1.807, 2.05) is 31.2 Å². The van der Waals surface area contributed by atoms with Crippen LogP contribution in [-0.4, -0.2) is 32.2 Å². The molecule has 5 heteroatoms. The van der Waals surface area contributed by atoms with Gasteiger partial charge in [0.25, 0.3) is 0 Å². The first-order valence-electron chi connectivity index (χ1n) is 7.03. The molecule has 1 amide bonds. The van der Waals surface area contributed by atoms with Gasteiger partial charge in [-0.3, -0.25) is 4.79 Å². The fourth-order valence-corrected chi connectivity index (χ4v) is 2.61. The number of carbonyl (C=O) groups excluding carboxylic acids is 1. The van der Waals surface area contributed by atoms with Crippen LogP contribution in [0.1, 0.15) is 25.2 Å². The molecule has 0 aliphatic carbocycles. The zero-order valence-corrected chi connectivity index (χ0v) is 11.6. The second-order valence-corrected chi connectivity index (χ2v) is 5.64. The maximum absolute atomic E-state index is 12.4. The summed E-state index contributed by atoms with van der Waals surface area (Å²) in [5.74, 6) is 0.0629. The average Bonchev–Trinajstić information content (AvgIpc) is 3.11. The molecule has 2 saturated heterocycles. The van der Waals surface area contributed by atoms with Gasteiger partial charge in [-0.1, -0.05) is 12.1 Å². The maximum atomic E-state index is 12.4. The number of hydrogen-bond donors (Lipinski definition) is 2. The van der Waals surface area contributed by atoms with Crippen LogP contribution < -0.4 is 10.6 Å². The van der Waals surface area contributed by atoms with Crippen LogP contribution >= 0.6 is 0 Å². The molecule has 0 aromatic heterocycles. The van der Waals surface area contributed by atoms with Crippen LogP contribution in [-0.2, 0) is 14.3 Å². The maximum Gasteiger partial charge on any atom is 0.231 e. The van der Waals surface area contributed by atoms with E-state index in [0.717, 1.165) is 30.8 Å². The Balaban J connectivity index is 1.71. The Bertz CT molecular complexity index is 492. The first-order valence-corrected chi connectivity index (χ1v) is 7.03. The van der Waals surface area contributed by atoms with Crippen molar-refractivity contribution in [3.05, 3.63) is 29.8 Å². The molecule has 0 saturated carbocycles. The highest BCUT2D eigenvalue weighted by molar-refractivity contribution is 5.95. The lowest BCUT2D eigenvalue weighted by Crippen LogP contribution is -2.35. The molecular formula is C15H20N2O3. The minimum atomic E-state index is -0.323. The zero-order valence-electron chi connectivity index (χ0n) is 11.6. The highest BCUT2D eigenvalue weighted by Crippen LogP contribution is 2.28. The second-order valence-electron chi connectivity index (χ2n) is 5.64. The lowest BCUT2D eigenvalue weighted by atomic mass is 9.88. The number of nitrogens with one attached hydrogen (secondary N) is 2. The molecule has 1 aromatic rings. The normalized spacial score (nSPS) is 26.9. The van der Waals surface area contributed by atoms with Crippen molar-refractivity contribution in [2.24, 2.45) is 5.41 Å². The Kier molecular flexibility index (Phi) is 3.74. The smallest absolute Gasteiger partial charge is 0.231 e. The Hall–Kier alpha value is -1.43. The number of carbonyl (C=O) groups is 1. The molecule has 2 N–H and O–H groups in total. The molecule has 0 radical (unpaired) electrons. The van der Waals surface area contributed by atoms with Crippen LogP contribution in [0.25, 0.3) is 0 Å². The van der Waals surface area contributed by atoms with Crippen LogP contribution in [0.4, 0.5) is 5.69 Å². The van der Waals surface area contributed by atoms with Crippen molar-refractivity contribution >= 4 is 11.6 Å². The SMILES string of the molecule is CC1(C(=O)Nc2cccc(C3OCCO3)c2)CCNC1. The summed E-state index contributed by atoms with van der Waals surface area (Å²) >= 11 is 0. The van der Waals surface area contributed by atoms with Crippen LogP contribution in [0.5, 0.6) is 0 Å². The van der Waals surface area contributed by atoms with E-state index < -0.39 is 0 Å². The molecule has 2 aliphatic heterocycles. The first-order chi connectivity index (χ1) is 9.67. The molecule has 0 spiro atoms. The van der Waals surface area contributed by atoms with Crippen molar-refractivity contribution in [2.75, 3.05) is 31.6 Å². The van der Waals surface area contributed by atoms with Crippen molar-refractivity contribution in [2.45, 2.75) is 19.6 Å². The molecule has 0 bridgehead atoms. The summed E-state index contributed by atoms with van der Waals surface area (Å²) in [6, 6.07) is 7.66. The van der Waals surface area contributed by atoms with Gasteiger partial charge in [0.15, 0.2) is 6.29 Å². The molecule has 108 valence electrons. The van der Waals surface area contributed by atoms with Gasteiger partial charge < -0.3 is 20.1 Å². The summed E-state index contributed by atoms with van der Waals surface area (Å²) in [5.41, 5.74) is 1.41. The molecule has 2 aliphatic rings. The lowest BCUT2D eigenvalue weighted by molar-refractivity contribution is -0.123. The summed E-state index contributed by atoms with van der Waals surface area (Å²) < 4.78 is 10.9. The highest BCUT2D eigenvalue weighted by Gasteiger charge is 2.36. The molecule has 1 atom stereocenters. The third-order valence-corrected chi connectivity index (χ3v) is 3.96. The molecule has 1 aromatic carbocycles. The fraction of sp³-hybridized carbons (Fsp3) is 0.533. The second kappa shape index (κ2) is 5.52. The number of rotatable bonds is 3. The monoisotopic (exact) mass is 276 g/mol. The fourth-order valence-electron chi connectivity index (χ4n) is 2.61. The number of benzene rings is 1. The van der Waals surface area contributed by atoms with Gasteiger partial charge in [-0.05, 0) is 32.0 Å². The molecular weight excluding hydrogens is 256 g/mol. The van der Waals surface area contributed by atoms with E-state index in [1.54, 1.807) is 0 Å². The van der Waals surface area contributed by atoms with Crippen molar-refractivity contribution in [3.63, 3.8) is 0 Å². The molecule has 2 fully saturated rings. The van der Waals surface area contributed by atoms with Crippen molar-refractivity contribution < 1.29 is 14.3 Å². The Morgan fingerprint density at radius 2 is 2.20 bits per heavy atom. The number of ether oxygens (including phenoxy) is 2. The van der Waals surface area contributed by atoms with E-state index in [-0.39, 0.29) is 17.6 Å². The largest absolute Gasteiger partial charge is 0.346 e. The van der Waals surface area contributed by atoms with E-state index in [0.29, 0.717) is 13.2 Å². The van der Waals surface area contributed by atoms with Gasteiger partial charge in [-0.15, -0.1) is 0 Å². The quantitative estimate of drug-likeness (QED) is 0.881. The van der Waals surface area contributed by atoms with Gasteiger partial charge >= 0.3 is 0 Å². The van der Waals surface area contributed by atoms with Gasteiger partial charge in [0.1, 0.15) is 0 Å². The summed E-state index contributed by atoms with van der Waals surface area (Å²) in [6.07, 6.45) is 0.559. The molecule has 2 heterocycles. The van der Waals surface area contributed by atoms with E-state index in [2.05, 4.69) is 10.6 Å². The Morgan fingerprint density at radius 3 is 2.90 bits per heavy atom. The van der Waals surface area contributed by atoms with Crippen LogP contribution in [0.2, 0.25) is 0 Å². The summed E-state index contributed by atoms with van der Waals surface area (Å²) in [4.78, 5) is 12.4. The number of anilines is 1. The predicted octanol–water partition coefficient (Wildman–Crippen LogP) is 1.67. The van der Waals surface area contributed by atoms with Gasteiger partial charge in [0, 0.05) is 17.8 Å². The molecule has 1 unspecified atom stereocenters. The van der Waals surface area contributed by atoms with E-state index in [9.17, 15) is 4.79 Å². The average molecular weight is 276 g/mol. The van der Waals surface area contributed by atoms with Crippen LogP contribution in [0.3, 0.4) is 0 Å². The summed E-state index contributed by atoms with van der Waals surface area (Å²) in [6.45, 7) is 4.85. The molecule has 5 nitrogen and oxygen atoms in total. The zero-order chi connectivity index (χ0) is 14.0. The number of amides is 1. The summed E-state index contributed by atoms with van der Waals surface area (Å²) in [5, 5.41) is 6.23.